The first-order valence-corrected chi connectivity index (χ1v) is 4.01. The predicted octanol–water partition coefficient (Wildman–Crippen LogP) is 2.82. The van der Waals surface area contributed by atoms with E-state index in [1.165, 1.54) is 11.3 Å². The van der Waals surface area contributed by atoms with Crippen LogP contribution in [-0.4, -0.2) is 6.04 Å². The normalized spacial score (nSPS) is 10.2. The van der Waals surface area contributed by atoms with E-state index in [0.717, 1.165) is 0 Å². The first-order chi connectivity index (χ1) is 5.18. The maximum atomic E-state index is 3.33. The number of nitrogens with one attached hydrogen (secondary N) is 1. The molecule has 0 heterocycles. The Balaban J connectivity index is 2.66. The molecule has 1 N–H and O–H groups in total. The Morgan fingerprint density at radius 3 is 2.09 bits per heavy atom. The smallest absolute Gasteiger partial charge is 0.0342 e. The molecular weight excluding hydrogens is 134 g/mol. The SMILES string of the molecule is Cc1ccc(NC(C)C)cc1. The van der Waals surface area contributed by atoms with Crippen molar-refractivity contribution >= 4 is 5.69 Å². The zero-order valence-corrected chi connectivity index (χ0v) is 7.39. The number of hydrogen-bond acceptors (Lipinski definition) is 1. The van der Waals surface area contributed by atoms with E-state index in [1.807, 2.05) is 0 Å². The van der Waals surface area contributed by atoms with Crippen molar-refractivity contribution in [1.82, 2.24) is 0 Å². The number of aryl methyl sites for hydroxylation is 1. The highest BCUT2D eigenvalue weighted by molar-refractivity contribution is 5.44. The molecule has 0 amide bonds. The van der Waals surface area contributed by atoms with Crippen LogP contribution in [0.1, 0.15) is 19.4 Å². The molecule has 1 aromatic carbocycles. The lowest BCUT2D eigenvalue weighted by molar-refractivity contribution is 0.899. The lowest BCUT2D eigenvalue weighted by Gasteiger charge is -2.09. The first-order valence-electron chi connectivity index (χ1n) is 4.01. The molecule has 0 aliphatic carbocycles. The maximum absolute atomic E-state index is 3.33. The second-order valence-corrected chi connectivity index (χ2v) is 3.17. The summed E-state index contributed by atoms with van der Waals surface area (Å²) in [6.45, 7) is 6.37. The van der Waals surface area contributed by atoms with Crippen LogP contribution in [0.4, 0.5) is 5.69 Å². The predicted molar refractivity (Wildman–Crippen MR) is 49.9 cm³/mol. The Morgan fingerprint density at radius 1 is 1.09 bits per heavy atom. The molecule has 1 rings (SSSR count). The molecule has 0 bridgehead atoms. The molecular formula is C10H15N. The summed E-state index contributed by atoms with van der Waals surface area (Å²) in [7, 11) is 0. The zero-order valence-electron chi connectivity index (χ0n) is 7.39. The van der Waals surface area contributed by atoms with E-state index < -0.39 is 0 Å². The Morgan fingerprint density at radius 2 is 1.64 bits per heavy atom. The molecule has 1 nitrogen and oxygen atoms in total. The van der Waals surface area contributed by atoms with Crippen LogP contribution in [-0.2, 0) is 0 Å². The summed E-state index contributed by atoms with van der Waals surface area (Å²) in [4.78, 5) is 0. The highest BCUT2D eigenvalue weighted by Gasteiger charge is 1.92. The van der Waals surface area contributed by atoms with E-state index in [-0.39, 0.29) is 0 Å². The van der Waals surface area contributed by atoms with Gasteiger partial charge in [0.25, 0.3) is 0 Å². The fourth-order valence-electron chi connectivity index (χ4n) is 0.983. The summed E-state index contributed by atoms with van der Waals surface area (Å²) < 4.78 is 0. The van der Waals surface area contributed by atoms with Gasteiger partial charge in [0.1, 0.15) is 0 Å². The van der Waals surface area contributed by atoms with E-state index in [2.05, 4.69) is 50.4 Å². The third kappa shape index (κ3) is 2.62. The second-order valence-electron chi connectivity index (χ2n) is 3.17. The van der Waals surface area contributed by atoms with Crippen molar-refractivity contribution in [2.45, 2.75) is 26.8 Å². The van der Waals surface area contributed by atoms with Gasteiger partial charge in [0.2, 0.25) is 0 Å². The molecule has 0 saturated carbocycles. The van der Waals surface area contributed by atoms with E-state index in [1.54, 1.807) is 0 Å². The van der Waals surface area contributed by atoms with Crippen molar-refractivity contribution in [2.24, 2.45) is 0 Å². The Hall–Kier alpha value is -0.980. The van der Waals surface area contributed by atoms with Gasteiger partial charge in [0.15, 0.2) is 0 Å². The van der Waals surface area contributed by atoms with Crippen molar-refractivity contribution in [2.75, 3.05) is 5.32 Å². The standard InChI is InChI=1S/C10H15N/c1-8(2)11-10-6-4-9(3)5-7-10/h4-8,11H,1-3H3. The minimum Gasteiger partial charge on any atom is -0.383 e. The Labute approximate surface area is 68.4 Å². The molecule has 0 aliphatic heterocycles. The Bertz CT molecular complexity index is 211. The highest BCUT2D eigenvalue weighted by atomic mass is 14.9. The largest absolute Gasteiger partial charge is 0.383 e. The van der Waals surface area contributed by atoms with Gasteiger partial charge in [-0.25, -0.2) is 0 Å². The summed E-state index contributed by atoms with van der Waals surface area (Å²) in [5.41, 5.74) is 2.50. The van der Waals surface area contributed by atoms with Crippen molar-refractivity contribution in [1.29, 1.82) is 0 Å². The van der Waals surface area contributed by atoms with Crippen LogP contribution in [0.15, 0.2) is 24.3 Å². The van der Waals surface area contributed by atoms with Crippen LogP contribution in [0.3, 0.4) is 0 Å². The molecule has 0 aromatic heterocycles. The van der Waals surface area contributed by atoms with Crippen molar-refractivity contribution in [3.05, 3.63) is 29.8 Å². The number of hydrogen-bond donors (Lipinski definition) is 1. The van der Waals surface area contributed by atoms with Crippen LogP contribution in [0, 0.1) is 6.92 Å². The molecule has 0 spiro atoms. The van der Waals surface area contributed by atoms with Gasteiger partial charge in [-0.15, -0.1) is 0 Å². The lowest BCUT2D eigenvalue weighted by Crippen LogP contribution is -2.09. The summed E-state index contributed by atoms with van der Waals surface area (Å²) in [5, 5.41) is 3.33. The zero-order chi connectivity index (χ0) is 8.27. The Kier molecular flexibility index (Phi) is 2.53. The topological polar surface area (TPSA) is 12.0 Å². The quantitative estimate of drug-likeness (QED) is 0.681. The molecule has 11 heavy (non-hydrogen) atoms. The molecule has 0 radical (unpaired) electrons. The van der Waals surface area contributed by atoms with E-state index in [9.17, 15) is 0 Å². The molecule has 0 unspecified atom stereocenters. The fraction of sp³-hybridized carbons (Fsp3) is 0.400. The summed E-state index contributed by atoms with van der Waals surface area (Å²) in [6, 6.07) is 8.96. The molecule has 1 heteroatoms. The fourth-order valence-corrected chi connectivity index (χ4v) is 0.983. The monoisotopic (exact) mass is 149 g/mol. The van der Waals surface area contributed by atoms with Gasteiger partial charge in [0.05, 0.1) is 0 Å². The molecule has 0 aliphatic rings. The number of rotatable bonds is 2. The average molecular weight is 149 g/mol. The van der Waals surface area contributed by atoms with Crippen molar-refractivity contribution in [3.63, 3.8) is 0 Å². The van der Waals surface area contributed by atoms with Crippen LogP contribution in [0.25, 0.3) is 0 Å². The van der Waals surface area contributed by atoms with E-state index in [4.69, 9.17) is 0 Å². The molecule has 0 atom stereocenters. The van der Waals surface area contributed by atoms with Crippen LogP contribution < -0.4 is 5.32 Å². The minimum atomic E-state index is 0.512. The molecule has 1 aromatic rings. The van der Waals surface area contributed by atoms with Gasteiger partial charge >= 0.3 is 0 Å². The van der Waals surface area contributed by atoms with Gasteiger partial charge in [-0.3, -0.25) is 0 Å². The van der Waals surface area contributed by atoms with Gasteiger partial charge < -0.3 is 5.32 Å². The third-order valence-corrected chi connectivity index (χ3v) is 1.51. The van der Waals surface area contributed by atoms with Gasteiger partial charge in [-0.05, 0) is 32.9 Å². The minimum absolute atomic E-state index is 0.512. The summed E-state index contributed by atoms with van der Waals surface area (Å²) in [5.74, 6) is 0. The lowest BCUT2D eigenvalue weighted by atomic mass is 10.2. The van der Waals surface area contributed by atoms with E-state index >= 15 is 0 Å². The van der Waals surface area contributed by atoms with Gasteiger partial charge in [-0.2, -0.15) is 0 Å². The van der Waals surface area contributed by atoms with Gasteiger partial charge in [0, 0.05) is 11.7 Å². The molecule has 60 valence electrons. The van der Waals surface area contributed by atoms with Gasteiger partial charge in [-0.1, -0.05) is 17.7 Å². The second kappa shape index (κ2) is 3.42. The van der Waals surface area contributed by atoms with Crippen LogP contribution >= 0.6 is 0 Å². The highest BCUT2D eigenvalue weighted by Crippen LogP contribution is 2.09. The molecule has 0 fully saturated rings. The van der Waals surface area contributed by atoms with Crippen LogP contribution in [0.2, 0.25) is 0 Å². The summed E-state index contributed by atoms with van der Waals surface area (Å²) >= 11 is 0. The first kappa shape index (κ1) is 8.12. The molecule has 0 saturated heterocycles. The maximum Gasteiger partial charge on any atom is 0.0342 e. The third-order valence-electron chi connectivity index (χ3n) is 1.51. The van der Waals surface area contributed by atoms with E-state index in [0.29, 0.717) is 6.04 Å². The van der Waals surface area contributed by atoms with Crippen molar-refractivity contribution < 1.29 is 0 Å². The summed E-state index contributed by atoms with van der Waals surface area (Å²) in [6.07, 6.45) is 0. The van der Waals surface area contributed by atoms with Crippen LogP contribution in [0.5, 0.6) is 0 Å². The van der Waals surface area contributed by atoms with Crippen molar-refractivity contribution in [3.8, 4) is 0 Å². The number of anilines is 1. The number of benzene rings is 1. The average Bonchev–Trinajstić information content (AvgIpc) is 1.93.